The van der Waals surface area contributed by atoms with Gasteiger partial charge < -0.3 is 19.5 Å². The second-order valence-electron chi connectivity index (χ2n) is 11.1. The van der Waals surface area contributed by atoms with Crippen molar-refractivity contribution >= 4 is 12.2 Å². The van der Waals surface area contributed by atoms with Gasteiger partial charge in [-0.15, -0.1) is 0 Å². The number of hydrogen-bond donors (Lipinski definition) is 1. The van der Waals surface area contributed by atoms with Crippen LogP contribution < -0.4 is 0 Å². The van der Waals surface area contributed by atoms with Crippen molar-refractivity contribution in [1.29, 1.82) is 0 Å². The first-order valence-corrected chi connectivity index (χ1v) is 13.9. The zero-order valence-electron chi connectivity index (χ0n) is 22.9. The van der Waals surface area contributed by atoms with E-state index in [1.54, 1.807) is 4.90 Å². The number of carbonyl (C=O) groups is 1. The van der Waals surface area contributed by atoms with E-state index in [2.05, 4.69) is 60.7 Å². The summed E-state index contributed by atoms with van der Waals surface area (Å²) in [6.45, 7) is 7.03. The highest BCUT2D eigenvalue weighted by atomic mass is 16.6. The van der Waals surface area contributed by atoms with Gasteiger partial charge in [0.25, 0.3) is 0 Å². The highest BCUT2D eigenvalue weighted by Crippen LogP contribution is 2.22. The molecule has 2 aromatic rings. The van der Waals surface area contributed by atoms with Gasteiger partial charge in [0.2, 0.25) is 0 Å². The van der Waals surface area contributed by atoms with Crippen molar-refractivity contribution in [3.05, 3.63) is 66.2 Å². The summed E-state index contributed by atoms with van der Waals surface area (Å²) in [5, 5.41) is 9.99. The van der Waals surface area contributed by atoms with Gasteiger partial charge in [0, 0.05) is 6.61 Å². The van der Waals surface area contributed by atoms with Crippen molar-refractivity contribution in [3.63, 3.8) is 0 Å². The highest BCUT2D eigenvalue weighted by molar-refractivity contribution is 5.69. The average molecular weight is 508 g/mol. The fourth-order valence-electron chi connectivity index (χ4n) is 4.62. The molecule has 2 atom stereocenters. The van der Waals surface area contributed by atoms with Crippen LogP contribution in [-0.4, -0.2) is 53.6 Å². The maximum atomic E-state index is 12.4. The Kier molecular flexibility index (Phi) is 11.7. The lowest BCUT2D eigenvalue weighted by atomic mass is 10.0. The summed E-state index contributed by atoms with van der Waals surface area (Å²) in [4.78, 5) is 14.0. The summed E-state index contributed by atoms with van der Waals surface area (Å²) in [6.07, 6.45) is 12.4. The molecule has 0 aromatic heterocycles. The summed E-state index contributed by atoms with van der Waals surface area (Å²) in [5.41, 5.74) is 3.22. The molecule has 3 rings (SSSR count). The van der Waals surface area contributed by atoms with Crippen LogP contribution in [0.15, 0.2) is 60.7 Å². The standard InChI is InChI=1S/C32H45NO4/c1-32(2,3)37-31(35)33-24-30(34)23-29(33)25-36-22-14-9-7-5-4-6-8-11-15-26-18-20-28(21-19-26)27-16-12-10-13-17-27/h10-13,15-21,29-30,34H,4-9,14,22-25H2,1-3H3/b15-11+/t29-,30+/m0/s1. The predicted octanol–water partition coefficient (Wildman–Crippen LogP) is 7.48. The Bertz CT molecular complexity index is 949. The third-order valence-corrected chi connectivity index (χ3v) is 6.57. The number of unbranched alkanes of at least 4 members (excludes halogenated alkanes) is 6. The Morgan fingerprint density at radius 1 is 0.946 bits per heavy atom. The SMILES string of the molecule is CC(C)(C)OC(=O)N1C[C@H](O)C[C@H]1COCCCCCCCC/C=C/c1ccc(-c2ccccc2)cc1. The highest BCUT2D eigenvalue weighted by Gasteiger charge is 2.36. The Morgan fingerprint density at radius 2 is 1.59 bits per heavy atom. The number of nitrogens with zero attached hydrogens (tertiary/aromatic N) is 1. The molecule has 0 saturated carbocycles. The van der Waals surface area contributed by atoms with E-state index < -0.39 is 11.7 Å². The van der Waals surface area contributed by atoms with Crippen molar-refractivity contribution < 1.29 is 19.4 Å². The number of carbonyl (C=O) groups excluding carboxylic acids is 1. The minimum atomic E-state index is -0.540. The molecular formula is C32H45NO4. The normalized spacial score (nSPS) is 18.0. The van der Waals surface area contributed by atoms with Gasteiger partial charge in [-0.05, 0) is 63.1 Å². The van der Waals surface area contributed by atoms with Crippen LogP contribution >= 0.6 is 0 Å². The quantitative estimate of drug-likeness (QED) is 0.285. The van der Waals surface area contributed by atoms with Gasteiger partial charge in [-0.1, -0.05) is 92.4 Å². The first-order valence-electron chi connectivity index (χ1n) is 13.9. The van der Waals surface area contributed by atoms with Gasteiger partial charge in [-0.2, -0.15) is 0 Å². The van der Waals surface area contributed by atoms with Crippen molar-refractivity contribution in [2.45, 2.75) is 89.9 Å². The fourth-order valence-corrected chi connectivity index (χ4v) is 4.62. The molecule has 5 nitrogen and oxygen atoms in total. The summed E-state index contributed by atoms with van der Waals surface area (Å²) in [6, 6.07) is 19.1. The lowest BCUT2D eigenvalue weighted by molar-refractivity contribution is 0.00955. The number of ether oxygens (including phenoxy) is 2. The van der Waals surface area contributed by atoms with Crippen molar-refractivity contribution in [2.24, 2.45) is 0 Å². The lowest BCUT2D eigenvalue weighted by Gasteiger charge is -2.28. The summed E-state index contributed by atoms with van der Waals surface area (Å²) in [7, 11) is 0. The number of hydrogen-bond acceptors (Lipinski definition) is 4. The minimum Gasteiger partial charge on any atom is -0.444 e. The van der Waals surface area contributed by atoms with E-state index in [9.17, 15) is 9.90 Å². The molecule has 1 aliphatic heterocycles. The van der Waals surface area contributed by atoms with Gasteiger partial charge in [0.05, 0.1) is 25.3 Å². The molecule has 0 unspecified atom stereocenters. The lowest BCUT2D eigenvalue weighted by Crippen LogP contribution is -2.42. The second-order valence-corrected chi connectivity index (χ2v) is 11.1. The molecule has 1 amide bonds. The molecule has 0 spiro atoms. The molecule has 37 heavy (non-hydrogen) atoms. The number of aliphatic hydroxyl groups excluding tert-OH is 1. The average Bonchev–Trinajstić information content (AvgIpc) is 3.25. The zero-order valence-corrected chi connectivity index (χ0v) is 22.9. The Balaban J connectivity index is 1.19. The van der Waals surface area contributed by atoms with E-state index in [1.165, 1.54) is 42.4 Å². The van der Waals surface area contributed by atoms with E-state index in [1.807, 2.05) is 26.8 Å². The molecule has 1 aliphatic rings. The summed E-state index contributed by atoms with van der Waals surface area (Å²) < 4.78 is 11.3. The topological polar surface area (TPSA) is 59.0 Å². The van der Waals surface area contributed by atoms with Crippen LogP contribution in [0.1, 0.15) is 77.7 Å². The Hall–Kier alpha value is -2.63. The minimum absolute atomic E-state index is 0.111. The number of amides is 1. The number of benzene rings is 2. The van der Waals surface area contributed by atoms with E-state index in [0.717, 1.165) is 19.3 Å². The van der Waals surface area contributed by atoms with Crippen LogP contribution in [0, 0.1) is 0 Å². The largest absolute Gasteiger partial charge is 0.444 e. The molecule has 1 heterocycles. The maximum absolute atomic E-state index is 12.4. The fraction of sp³-hybridized carbons (Fsp3) is 0.531. The van der Waals surface area contributed by atoms with Crippen molar-refractivity contribution in [2.75, 3.05) is 19.8 Å². The third-order valence-electron chi connectivity index (χ3n) is 6.57. The molecule has 5 heteroatoms. The second kappa shape index (κ2) is 14.9. The summed E-state index contributed by atoms with van der Waals surface area (Å²) in [5.74, 6) is 0. The number of rotatable bonds is 13. The molecular weight excluding hydrogens is 462 g/mol. The molecule has 202 valence electrons. The number of allylic oxidation sites excluding steroid dienone is 1. The number of aliphatic hydroxyl groups is 1. The van der Waals surface area contributed by atoms with E-state index >= 15 is 0 Å². The van der Waals surface area contributed by atoms with Crippen LogP contribution in [0.2, 0.25) is 0 Å². The molecule has 1 saturated heterocycles. The Morgan fingerprint density at radius 3 is 2.30 bits per heavy atom. The van der Waals surface area contributed by atoms with Crippen LogP contribution in [-0.2, 0) is 9.47 Å². The van der Waals surface area contributed by atoms with E-state index in [0.29, 0.717) is 26.2 Å². The van der Waals surface area contributed by atoms with Gasteiger partial charge in [0.15, 0.2) is 0 Å². The number of β-amino-alcohol motifs (C(OH)–C–C–N with tert-alkyl or cyclic N) is 1. The van der Waals surface area contributed by atoms with Gasteiger partial charge in [-0.3, -0.25) is 0 Å². The van der Waals surface area contributed by atoms with Crippen LogP contribution in [0.4, 0.5) is 4.79 Å². The molecule has 0 radical (unpaired) electrons. The van der Waals surface area contributed by atoms with Crippen molar-refractivity contribution in [3.8, 4) is 11.1 Å². The molecule has 1 fully saturated rings. The van der Waals surface area contributed by atoms with Gasteiger partial charge in [0.1, 0.15) is 5.60 Å². The molecule has 0 bridgehead atoms. The molecule has 2 aromatic carbocycles. The first-order chi connectivity index (χ1) is 17.8. The zero-order chi connectivity index (χ0) is 26.5. The summed E-state index contributed by atoms with van der Waals surface area (Å²) >= 11 is 0. The van der Waals surface area contributed by atoms with Crippen LogP contribution in [0.3, 0.4) is 0 Å². The van der Waals surface area contributed by atoms with Crippen molar-refractivity contribution in [1.82, 2.24) is 4.90 Å². The van der Waals surface area contributed by atoms with Gasteiger partial charge in [-0.25, -0.2) is 4.79 Å². The predicted molar refractivity (Wildman–Crippen MR) is 151 cm³/mol. The smallest absolute Gasteiger partial charge is 0.410 e. The monoisotopic (exact) mass is 507 g/mol. The van der Waals surface area contributed by atoms with Crippen LogP contribution in [0.25, 0.3) is 17.2 Å². The molecule has 1 N–H and O–H groups in total. The Labute approximate surface area is 223 Å². The maximum Gasteiger partial charge on any atom is 0.410 e. The first kappa shape index (κ1) is 28.9. The number of likely N-dealkylation sites (tertiary alicyclic amines) is 1. The third kappa shape index (κ3) is 10.7. The molecule has 0 aliphatic carbocycles. The van der Waals surface area contributed by atoms with Crippen LogP contribution in [0.5, 0.6) is 0 Å². The van der Waals surface area contributed by atoms with E-state index in [4.69, 9.17) is 9.47 Å². The van der Waals surface area contributed by atoms with E-state index in [-0.39, 0.29) is 12.1 Å². The van der Waals surface area contributed by atoms with Gasteiger partial charge >= 0.3 is 6.09 Å².